The van der Waals surface area contributed by atoms with Gasteiger partial charge in [-0.15, -0.1) is 11.8 Å². The van der Waals surface area contributed by atoms with Gasteiger partial charge in [0.2, 0.25) is 12.1 Å². The minimum atomic E-state index is -1.54. The topological polar surface area (TPSA) is 235 Å². The number of aromatic nitrogens is 4. The maximum atomic E-state index is 13.2. The van der Waals surface area contributed by atoms with Crippen molar-refractivity contribution in [3.8, 4) is 0 Å². The van der Waals surface area contributed by atoms with Crippen molar-refractivity contribution in [3.05, 3.63) is 39.8 Å². The number of hydrogen-bond acceptors (Lipinski definition) is 13. The number of carboxylic acid groups (broad SMARTS) is 2. The van der Waals surface area contributed by atoms with Gasteiger partial charge in [0, 0.05) is 24.4 Å². The standard InChI is InChI=1S/C23H22ClN9O7S2/c1-8(20(36)37)40-30-13(12-16(24)42-23(26)29-12)17(34)28-14-18(35)33-15(21(38)39)9(7-41-19(14)33)5-32-4-3-10-11(6-32)31(2)22(25)27-10/h3-4,6,8,14,19,25H,5,7H2,1-2H3,(H5,26,28,29,34,36,37,38,39)/b30-13-/t8-,14?,19+/m0/s1. The molecule has 220 valence electrons. The van der Waals surface area contributed by atoms with Crippen LogP contribution in [0.2, 0.25) is 4.34 Å². The molecule has 1 unspecified atom stereocenters. The number of aryl methyl sites for hydroxylation is 1. The Hall–Kier alpha value is -4.42. The average molecular weight is 636 g/mol. The van der Waals surface area contributed by atoms with Crippen LogP contribution < -0.4 is 26.5 Å². The number of thiazole rings is 1. The molecule has 19 heteroatoms. The summed E-state index contributed by atoms with van der Waals surface area (Å²) < 4.78 is 3.42. The summed E-state index contributed by atoms with van der Waals surface area (Å²) in [6.45, 7) is 1.34. The normalized spacial score (nSPS) is 19.4. The number of carbonyl (C=O) groups is 4. The van der Waals surface area contributed by atoms with E-state index in [1.54, 1.807) is 34.6 Å². The molecule has 0 aromatic carbocycles. The fourth-order valence-corrected chi connectivity index (χ4v) is 6.61. The van der Waals surface area contributed by atoms with E-state index in [1.165, 1.54) is 18.7 Å². The summed E-state index contributed by atoms with van der Waals surface area (Å²) >= 11 is 8.23. The van der Waals surface area contributed by atoms with E-state index in [0.717, 1.165) is 21.8 Å². The van der Waals surface area contributed by atoms with Crippen molar-refractivity contribution in [2.45, 2.75) is 31.0 Å². The van der Waals surface area contributed by atoms with E-state index >= 15 is 0 Å². The molecule has 0 saturated carbocycles. The van der Waals surface area contributed by atoms with E-state index < -0.39 is 47.0 Å². The van der Waals surface area contributed by atoms with Crippen LogP contribution in [-0.2, 0) is 37.6 Å². The number of nitrogens with one attached hydrogen (secondary N) is 1. The number of thioether (sulfide) groups is 1. The Morgan fingerprint density at radius 3 is 2.76 bits per heavy atom. The highest BCUT2D eigenvalue weighted by molar-refractivity contribution is 8.00. The van der Waals surface area contributed by atoms with E-state index in [4.69, 9.17) is 33.0 Å². The minimum Gasteiger partial charge on any atom is -0.543 e. The fraction of sp³-hybridized carbons (Fsp3) is 0.304. The molecule has 16 nitrogen and oxygen atoms in total. The van der Waals surface area contributed by atoms with Crippen LogP contribution in [0.15, 0.2) is 34.9 Å². The van der Waals surface area contributed by atoms with E-state index in [1.807, 2.05) is 0 Å². The number of anilines is 2. The molecule has 5 rings (SSSR count). The molecule has 0 aliphatic carbocycles. The lowest BCUT2D eigenvalue weighted by molar-refractivity contribution is -0.687. The third-order valence-corrected chi connectivity index (χ3v) is 8.93. The number of hydrogen-bond donors (Lipinski definition) is 4. The van der Waals surface area contributed by atoms with Gasteiger partial charge in [0.1, 0.15) is 32.5 Å². The Kier molecular flexibility index (Phi) is 7.69. The van der Waals surface area contributed by atoms with Gasteiger partial charge >= 0.3 is 5.97 Å². The molecule has 0 spiro atoms. The van der Waals surface area contributed by atoms with Gasteiger partial charge in [0.25, 0.3) is 11.8 Å². The van der Waals surface area contributed by atoms with Crippen LogP contribution in [0.25, 0.3) is 11.0 Å². The number of halogens is 1. The van der Waals surface area contributed by atoms with Gasteiger partial charge in [0.15, 0.2) is 29.8 Å². The first-order valence-corrected chi connectivity index (χ1v) is 14.3. The molecule has 3 atom stereocenters. The Morgan fingerprint density at radius 1 is 1.38 bits per heavy atom. The quantitative estimate of drug-likeness (QED) is 0.0903. The number of pyridine rings is 1. The van der Waals surface area contributed by atoms with Crippen molar-refractivity contribution in [2.75, 3.05) is 17.2 Å². The number of rotatable bonds is 9. The number of amides is 2. The lowest BCUT2D eigenvalue weighted by atomic mass is 10.0. The van der Waals surface area contributed by atoms with Crippen molar-refractivity contribution < 1.29 is 38.8 Å². The van der Waals surface area contributed by atoms with Crippen LogP contribution in [0.3, 0.4) is 0 Å². The molecule has 2 amide bonds. The second-order valence-corrected chi connectivity index (χ2v) is 12.0. The fourth-order valence-electron chi connectivity index (χ4n) is 4.35. The molecular formula is C23H22ClN9O7S2. The number of nitrogens with zero attached hydrogens (tertiary/aromatic N) is 6. The predicted octanol–water partition coefficient (Wildman–Crippen LogP) is -1.57. The van der Waals surface area contributed by atoms with Gasteiger partial charge < -0.3 is 41.2 Å². The van der Waals surface area contributed by atoms with Crippen molar-refractivity contribution in [1.82, 2.24) is 24.8 Å². The molecule has 1 saturated heterocycles. The summed E-state index contributed by atoms with van der Waals surface area (Å²) in [5.41, 5.74) is 12.4. The molecule has 42 heavy (non-hydrogen) atoms. The third kappa shape index (κ3) is 5.19. The maximum absolute atomic E-state index is 13.2. The minimum absolute atomic E-state index is 0.00987. The summed E-state index contributed by atoms with van der Waals surface area (Å²) in [5.74, 6) is -3.99. The number of imidazole rings is 1. The number of nitrogens with two attached hydrogens (primary N) is 2. The number of β-lactam (4-membered cyclic amide) rings is 1. The number of carboxylic acids is 2. The Bertz CT molecular complexity index is 1720. The summed E-state index contributed by atoms with van der Waals surface area (Å²) in [4.78, 5) is 63.9. The SMILES string of the molecule is C[C@H](O/N=C(\C(=O)NC1C(=O)N2C(C(=O)[O-])=C(C[n+]3ccc4nc(N)n(C)c4c3)CS[C@H]12)c1nc(N)sc1Cl)C(=O)O. The molecule has 3 aromatic heterocycles. The van der Waals surface area contributed by atoms with Gasteiger partial charge in [-0.05, 0) is 6.92 Å². The first-order chi connectivity index (χ1) is 19.9. The van der Waals surface area contributed by atoms with Crippen molar-refractivity contribution in [3.63, 3.8) is 0 Å². The van der Waals surface area contributed by atoms with Gasteiger partial charge in [-0.1, -0.05) is 28.1 Å². The molecule has 0 radical (unpaired) electrons. The van der Waals surface area contributed by atoms with E-state index in [2.05, 4.69) is 20.4 Å². The van der Waals surface area contributed by atoms with E-state index in [9.17, 15) is 24.3 Å². The van der Waals surface area contributed by atoms with Crippen LogP contribution in [0, 0.1) is 0 Å². The van der Waals surface area contributed by atoms with Crippen LogP contribution in [0.1, 0.15) is 12.6 Å². The summed E-state index contributed by atoms with van der Waals surface area (Å²) in [6, 6.07) is 0.600. The van der Waals surface area contributed by atoms with E-state index in [-0.39, 0.29) is 33.2 Å². The molecule has 3 aromatic rings. The zero-order valence-electron chi connectivity index (χ0n) is 21.8. The van der Waals surface area contributed by atoms with Crippen LogP contribution in [0.4, 0.5) is 11.1 Å². The molecule has 1 fully saturated rings. The number of carbonyl (C=O) groups excluding carboxylic acids is 3. The Balaban J connectivity index is 1.38. The van der Waals surface area contributed by atoms with Crippen molar-refractivity contribution in [2.24, 2.45) is 12.2 Å². The lowest BCUT2D eigenvalue weighted by Crippen LogP contribution is -2.71. The summed E-state index contributed by atoms with van der Waals surface area (Å²) in [7, 11) is 1.75. The molecule has 5 heterocycles. The van der Waals surface area contributed by atoms with Gasteiger partial charge in [0.05, 0.1) is 11.7 Å². The highest BCUT2D eigenvalue weighted by Crippen LogP contribution is 2.40. The molecule has 2 aliphatic rings. The number of aliphatic carboxylic acids is 2. The number of fused-ring (bicyclic) bond motifs is 2. The highest BCUT2D eigenvalue weighted by Gasteiger charge is 2.53. The summed E-state index contributed by atoms with van der Waals surface area (Å²) in [5, 5.41) is 26.7. The highest BCUT2D eigenvalue weighted by atomic mass is 35.5. The second kappa shape index (κ2) is 11.1. The van der Waals surface area contributed by atoms with Gasteiger partial charge in [-0.2, -0.15) is 4.57 Å². The first kappa shape index (κ1) is 29.1. The van der Waals surface area contributed by atoms with Crippen molar-refractivity contribution in [1.29, 1.82) is 0 Å². The monoisotopic (exact) mass is 635 g/mol. The van der Waals surface area contributed by atoms with E-state index in [0.29, 0.717) is 17.0 Å². The van der Waals surface area contributed by atoms with Crippen molar-refractivity contribution >= 4 is 86.3 Å². The zero-order valence-corrected chi connectivity index (χ0v) is 24.2. The Labute approximate surface area is 249 Å². The smallest absolute Gasteiger partial charge is 0.347 e. The number of oxime groups is 1. The zero-order chi connectivity index (χ0) is 30.5. The third-order valence-electron chi connectivity index (χ3n) is 6.51. The molecule has 0 bridgehead atoms. The summed E-state index contributed by atoms with van der Waals surface area (Å²) in [6.07, 6.45) is 2.07. The first-order valence-electron chi connectivity index (χ1n) is 12.1. The molecule has 6 N–H and O–H groups in total. The Morgan fingerprint density at radius 2 is 2.12 bits per heavy atom. The largest absolute Gasteiger partial charge is 0.543 e. The lowest BCUT2D eigenvalue weighted by Gasteiger charge is -2.50. The predicted molar refractivity (Wildman–Crippen MR) is 149 cm³/mol. The maximum Gasteiger partial charge on any atom is 0.347 e. The van der Waals surface area contributed by atoms with Crippen LogP contribution >= 0.6 is 34.7 Å². The van der Waals surface area contributed by atoms with Crippen LogP contribution in [0.5, 0.6) is 0 Å². The second-order valence-electron chi connectivity index (χ2n) is 9.22. The number of nitrogen functional groups attached to an aromatic ring is 2. The molecular weight excluding hydrogens is 614 g/mol. The van der Waals surface area contributed by atoms with Gasteiger partial charge in [-0.25, -0.2) is 14.8 Å². The molecule has 2 aliphatic heterocycles. The van der Waals surface area contributed by atoms with Crippen LogP contribution in [-0.4, -0.2) is 77.3 Å². The average Bonchev–Trinajstić information content (AvgIpc) is 3.42. The van der Waals surface area contributed by atoms with Gasteiger partial charge in [-0.3, -0.25) is 14.5 Å².